The van der Waals surface area contributed by atoms with E-state index in [0.717, 1.165) is 32.1 Å². The zero-order chi connectivity index (χ0) is 46.7. The first-order valence-corrected chi connectivity index (χ1v) is 29.5. The van der Waals surface area contributed by atoms with E-state index in [4.69, 9.17) is 23.6 Å². The maximum Gasteiger partial charge on any atom is 0.472 e. The molecule has 0 saturated heterocycles. The second-order valence-electron chi connectivity index (χ2n) is 19.3. The van der Waals surface area contributed by atoms with Gasteiger partial charge in [0.2, 0.25) is 0 Å². The predicted molar refractivity (Wildman–Crippen MR) is 270 cm³/mol. The van der Waals surface area contributed by atoms with Crippen molar-refractivity contribution < 1.29 is 43.0 Å². The normalized spacial score (nSPS) is 13.6. The molecule has 0 aliphatic heterocycles. The summed E-state index contributed by atoms with van der Waals surface area (Å²) >= 11 is 0. The quantitative estimate of drug-likeness (QED) is 0.0310. The molecule has 0 rings (SSSR count). The Kier molecular flexibility index (Phi) is 51.4. The number of phosphoric ester groups is 1. The average Bonchev–Trinajstić information content (AvgIpc) is 3.29. The van der Waals surface area contributed by atoms with Gasteiger partial charge in [-0.25, -0.2) is 4.57 Å². The predicted octanol–water partition coefficient (Wildman–Crippen LogP) is 16.6. The Bertz CT molecular complexity index is 969. The van der Waals surface area contributed by atoms with Gasteiger partial charge >= 0.3 is 13.8 Å². The van der Waals surface area contributed by atoms with Gasteiger partial charge in [-0.05, 0) is 12.8 Å². The Morgan fingerprint density at radius 2 is 0.703 bits per heavy atom. The maximum absolute atomic E-state index is 12.7. The first kappa shape index (κ1) is 63.5. The molecule has 3 atom stereocenters. The molecule has 0 radical (unpaired) electrons. The molecule has 0 heterocycles. The number of aliphatic hydroxyl groups excluding tert-OH is 2. The van der Waals surface area contributed by atoms with E-state index in [1.54, 1.807) is 0 Å². The Morgan fingerprint density at radius 1 is 0.422 bits per heavy atom. The highest BCUT2D eigenvalue weighted by Crippen LogP contribution is 2.43. The molecule has 0 saturated carbocycles. The Labute approximate surface area is 397 Å². The minimum absolute atomic E-state index is 0.0586. The van der Waals surface area contributed by atoms with Gasteiger partial charge in [0.25, 0.3) is 0 Å². The molecule has 0 fully saturated rings. The van der Waals surface area contributed by atoms with Crippen molar-refractivity contribution in [2.75, 3.05) is 33.0 Å². The maximum atomic E-state index is 12.7. The van der Waals surface area contributed by atoms with Crippen molar-refractivity contribution in [3.8, 4) is 0 Å². The minimum Gasteiger partial charge on any atom is -0.457 e. The Balaban J connectivity index is 3.87. The third-order valence-electron chi connectivity index (χ3n) is 12.8. The summed E-state index contributed by atoms with van der Waals surface area (Å²) in [6.07, 6.45) is 55.2. The van der Waals surface area contributed by atoms with Crippen LogP contribution in [0.25, 0.3) is 0 Å². The van der Waals surface area contributed by atoms with Crippen LogP contribution in [0, 0.1) is 0 Å². The molecule has 9 nitrogen and oxygen atoms in total. The van der Waals surface area contributed by atoms with Crippen molar-refractivity contribution in [2.45, 2.75) is 309 Å². The van der Waals surface area contributed by atoms with E-state index in [0.29, 0.717) is 6.61 Å². The van der Waals surface area contributed by atoms with Gasteiger partial charge in [0.05, 0.1) is 26.4 Å². The summed E-state index contributed by atoms with van der Waals surface area (Å²) in [6, 6.07) is 0. The number of unbranched alkanes of at least 4 members (excludes halogenated alkanes) is 41. The van der Waals surface area contributed by atoms with Crippen molar-refractivity contribution >= 4 is 13.8 Å². The van der Waals surface area contributed by atoms with Crippen LogP contribution in [-0.2, 0) is 27.9 Å². The summed E-state index contributed by atoms with van der Waals surface area (Å²) < 4.78 is 33.5. The molecule has 0 aromatic carbocycles. The molecule has 1 unspecified atom stereocenters. The van der Waals surface area contributed by atoms with Crippen molar-refractivity contribution in [2.24, 2.45) is 0 Å². The SMILES string of the molecule is CCCCCCCCCCCCCCCCCCCCCCCCCCCCCCCC(=O)O[C@H](COCCCCCCCCCCCCCCCC)COP(=O)(O)OC[C@@H](O)CO. The van der Waals surface area contributed by atoms with Crippen LogP contribution in [0.15, 0.2) is 0 Å². The van der Waals surface area contributed by atoms with Gasteiger partial charge in [-0.15, -0.1) is 0 Å². The fourth-order valence-corrected chi connectivity index (χ4v) is 9.33. The van der Waals surface area contributed by atoms with Gasteiger partial charge in [0, 0.05) is 13.0 Å². The molecule has 0 spiro atoms. The molecule has 10 heteroatoms. The molecule has 0 aromatic rings. The van der Waals surface area contributed by atoms with E-state index in [1.807, 2.05) is 0 Å². The first-order valence-electron chi connectivity index (χ1n) is 28.0. The smallest absolute Gasteiger partial charge is 0.457 e. The van der Waals surface area contributed by atoms with Gasteiger partial charge in [0.15, 0.2) is 0 Å². The average molecular weight is 933 g/mol. The number of ether oxygens (including phenoxy) is 2. The Hall–Kier alpha value is -0.540. The summed E-state index contributed by atoms with van der Waals surface area (Å²) in [5.41, 5.74) is 0. The highest BCUT2D eigenvalue weighted by Gasteiger charge is 2.26. The van der Waals surface area contributed by atoms with E-state index in [9.17, 15) is 19.4 Å². The molecular formula is C54H109O9P. The third kappa shape index (κ3) is 50.9. The zero-order valence-corrected chi connectivity index (χ0v) is 43.4. The van der Waals surface area contributed by atoms with E-state index < -0.39 is 33.2 Å². The lowest BCUT2D eigenvalue weighted by Crippen LogP contribution is -2.29. The van der Waals surface area contributed by atoms with Crippen LogP contribution < -0.4 is 0 Å². The van der Waals surface area contributed by atoms with E-state index in [2.05, 4.69) is 13.8 Å². The van der Waals surface area contributed by atoms with E-state index >= 15 is 0 Å². The summed E-state index contributed by atoms with van der Waals surface area (Å²) in [5, 5.41) is 18.4. The second kappa shape index (κ2) is 51.8. The van der Waals surface area contributed by atoms with Gasteiger partial charge in [-0.2, -0.15) is 0 Å². The standard InChI is InChI=1S/C54H109O9P/c1-3-5-7-9-11-13-15-17-19-20-21-22-23-24-25-26-27-28-29-30-31-32-33-34-36-38-40-42-44-46-54(57)63-53(51-62-64(58,59)61-49-52(56)48-55)50-60-47-45-43-41-39-37-35-18-16-14-12-10-8-6-4-2/h52-53,55-56H,3-51H2,1-2H3,(H,58,59)/t52-,53+/m0/s1. The molecular weight excluding hydrogens is 824 g/mol. The lowest BCUT2D eigenvalue weighted by molar-refractivity contribution is -0.154. The number of rotatable bonds is 55. The molecule has 384 valence electrons. The molecule has 0 bridgehead atoms. The number of carbonyl (C=O) groups excluding carboxylic acids is 1. The second-order valence-corrected chi connectivity index (χ2v) is 20.8. The van der Waals surface area contributed by atoms with Crippen LogP contribution in [0.2, 0.25) is 0 Å². The number of esters is 1. The van der Waals surface area contributed by atoms with Crippen molar-refractivity contribution in [1.29, 1.82) is 0 Å². The molecule has 0 aromatic heterocycles. The van der Waals surface area contributed by atoms with Gasteiger partial charge in [0.1, 0.15) is 12.2 Å². The fraction of sp³-hybridized carbons (Fsp3) is 0.981. The fourth-order valence-electron chi connectivity index (χ4n) is 8.54. The zero-order valence-electron chi connectivity index (χ0n) is 42.5. The van der Waals surface area contributed by atoms with Gasteiger partial charge in [-0.1, -0.05) is 277 Å². The molecule has 0 amide bonds. The summed E-state index contributed by atoms with van der Waals surface area (Å²) in [5.74, 6) is -0.372. The van der Waals surface area contributed by atoms with Crippen LogP contribution >= 0.6 is 7.82 Å². The molecule has 0 aliphatic rings. The van der Waals surface area contributed by atoms with Crippen LogP contribution in [0.1, 0.15) is 296 Å². The monoisotopic (exact) mass is 933 g/mol. The largest absolute Gasteiger partial charge is 0.472 e. The first-order chi connectivity index (χ1) is 31.3. The highest BCUT2D eigenvalue weighted by atomic mass is 31.2. The van der Waals surface area contributed by atoms with Crippen LogP contribution in [0.5, 0.6) is 0 Å². The number of phosphoric acid groups is 1. The van der Waals surface area contributed by atoms with Crippen molar-refractivity contribution in [3.63, 3.8) is 0 Å². The van der Waals surface area contributed by atoms with E-state index in [1.165, 1.54) is 244 Å². The van der Waals surface area contributed by atoms with Gasteiger partial charge in [-0.3, -0.25) is 13.8 Å². The third-order valence-corrected chi connectivity index (χ3v) is 13.7. The van der Waals surface area contributed by atoms with Crippen molar-refractivity contribution in [1.82, 2.24) is 0 Å². The topological polar surface area (TPSA) is 132 Å². The van der Waals surface area contributed by atoms with Crippen molar-refractivity contribution in [3.05, 3.63) is 0 Å². The van der Waals surface area contributed by atoms with Crippen LogP contribution in [0.4, 0.5) is 0 Å². The number of carbonyl (C=O) groups is 1. The number of aliphatic hydroxyl groups is 2. The lowest BCUT2D eigenvalue weighted by Gasteiger charge is -2.20. The summed E-state index contributed by atoms with van der Waals surface area (Å²) in [7, 11) is -4.52. The van der Waals surface area contributed by atoms with Gasteiger partial charge < -0.3 is 24.6 Å². The van der Waals surface area contributed by atoms with E-state index in [-0.39, 0.29) is 25.6 Å². The summed E-state index contributed by atoms with van der Waals surface area (Å²) in [4.78, 5) is 22.7. The van der Waals surface area contributed by atoms with Crippen LogP contribution in [0.3, 0.4) is 0 Å². The van der Waals surface area contributed by atoms with Crippen LogP contribution in [-0.4, -0.2) is 66.3 Å². The Morgan fingerprint density at radius 3 is 1.02 bits per heavy atom. The lowest BCUT2D eigenvalue weighted by atomic mass is 10.0. The number of hydrogen-bond acceptors (Lipinski definition) is 8. The highest BCUT2D eigenvalue weighted by molar-refractivity contribution is 7.47. The molecule has 64 heavy (non-hydrogen) atoms. The minimum atomic E-state index is -4.52. The number of hydrogen-bond donors (Lipinski definition) is 3. The molecule has 0 aliphatic carbocycles. The summed E-state index contributed by atoms with van der Waals surface area (Å²) in [6.45, 7) is 3.61. The molecule has 3 N–H and O–H groups in total.